The van der Waals surface area contributed by atoms with Crippen molar-refractivity contribution in [1.29, 1.82) is 0 Å². The number of likely N-dealkylation sites (tertiary alicyclic amines) is 1. The standard InChI is InChI=1S/C21H27N3O3/c1-14-7-8-18-16(12-14)20-17(13-26-18)19(23-27-20)21(25)22-9-5-11-24-10-4-3-6-15(24)2/h7-8,12,15H,3-6,9-11,13H2,1-2H3,(H,22,25)/t15-/m1/s1. The minimum Gasteiger partial charge on any atom is -0.488 e. The molecule has 2 aliphatic rings. The Morgan fingerprint density at radius 3 is 3.11 bits per heavy atom. The molecule has 1 atom stereocenters. The van der Waals surface area contributed by atoms with Crippen LogP contribution in [0.15, 0.2) is 22.7 Å². The fourth-order valence-electron chi connectivity index (χ4n) is 3.99. The first-order valence-corrected chi connectivity index (χ1v) is 9.88. The molecule has 0 aliphatic carbocycles. The summed E-state index contributed by atoms with van der Waals surface area (Å²) in [6.07, 6.45) is 4.83. The third-order valence-electron chi connectivity index (χ3n) is 5.60. The highest BCUT2D eigenvalue weighted by atomic mass is 16.5. The first-order valence-electron chi connectivity index (χ1n) is 9.88. The van der Waals surface area contributed by atoms with E-state index in [-0.39, 0.29) is 5.91 Å². The maximum absolute atomic E-state index is 12.6. The van der Waals surface area contributed by atoms with Crippen molar-refractivity contribution in [2.24, 2.45) is 0 Å². The molecular weight excluding hydrogens is 342 g/mol. The molecule has 144 valence electrons. The summed E-state index contributed by atoms with van der Waals surface area (Å²) in [6, 6.07) is 6.58. The van der Waals surface area contributed by atoms with Gasteiger partial charge >= 0.3 is 0 Å². The number of aromatic nitrogens is 1. The molecule has 1 aromatic heterocycles. The van der Waals surface area contributed by atoms with E-state index in [0.29, 0.717) is 30.6 Å². The van der Waals surface area contributed by atoms with Gasteiger partial charge in [-0.15, -0.1) is 0 Å². The summed E-state index contributed by atoms with van der Waals surface area (Å²) < 4.78 is 11.3. The van der Waals surface area contributed by atoms with E-state index in [1.165, 1.54) is 25.8 Å². The van der Waals surface area contributed by atoms with Crippen molar-refractivity contribution >= 4 is 5.91 Å². The van der Waals surface area contributed by atoms with E-state index in [1.54, 1.807) is 0 Å². The van der Waals surface area contributed by atoms with Crippen LogP contribution in [0.1, 0.15) is 54.2 Å². The van der Waals surface area contributed by atoms with Crippen molar-refractivity contribution in [2.75, 3.05) is 19.6 Å². The highest BCUT2D eigenvalue weighted by Crippen LogP contribution is 2.39. The van der Waals surface area contributed by atoms with Crippen LogP contribution in [0.3, 0.4) is 0 Å². The van der Waals surface area contributed by atoms with Gasteiger partial charge in [-0.1, -0.05) is 23.2 Å². The quantitative estimate of drug-likeness (QED) is 0.817. The predicted molar refractivity (Wildman–Crippen MR) is 103 cm³/mol. The lowest BCUT2D eigenvalue weighted by Crippen LogP contribution is -2.39. The van der Waals surface area contributed by atoms with Gasteiger partial charge in [0.05, 0.1) is 11.1 Å². The van der Waals surface area contributed by atoms with Crippen LogP contribution in [0.5, 0.6) is 5.75 Å². The second kappa shape index (κ2) is 7.72. The lowest BCUT2D eigenvalue weighted by Gasteiger charge is -2.33. The van der Waals surface area contributed by atoms with Crippen LogP contribution in [0.25, 0.3) is 11.3 Å². The molecule has 0 saturated carbocycles. The summed E-state index contributed by atoms with van der Waals surface area (Å²) in [4.78, 5) is 15.1. The molecule has 0 unspecified atom stereocenters. The number of hydrogen-bond donors (Lipinski definition) is 1. The molecular formula is C21H27N3O3. The SMILES string of the molecule is Cc1ccc2c(c1)-c1onc(C(=O)NCCCN3CCCC[C@H]3C)c1CO2. The molecule has 6 nitrogen and oxygen atoms in total. The van der Waals surface area contributed by atoms with Gasteiger partial charge in [0, 0.05) is 19.1 Å². The van der Waals surface area contributed by atoms with Gasteiger partial charge in [0.2, 0.25) is 0 Å². The summed E-state index contributed by atoms with van der Waals surface area (Å²) in [7, 11) is 0. The van der Waals surface area contributed by atoms with Crippen LogP contribution in [0, 0.1) is 6.92 Å². The molecule has 2 aromatic rings. The minimum atomic E-state index is -0.189. The number of nitrogens with one attached hydrogen (secondary N) is 1. The van der Waals surface area contributed by atoms with Crippen molar-refractivity contribution in [1.82, 2.24) is 15.4 Å². The number of aryl methyl sites for hydroxylation is 1. The smallest absolute Gasteiger partial charge is 0.273 e. The average molecular weight is 369 g/mol. The Kier molecular flexibility index (Phi) is 5.16. The number of nitrogens with zero attached hydrogens (tertiary/aromatic N) is 2. The second-order valence-electron chi connectivity index (χ2n) is 7.62. The number of carbonyl (C=O) groups is 1. The highest BCUT2D eigenvalue weighted by Gasteiger charge is 2.28. The lowest BCUT2D eigenvalue weighted by atomic mass is 10.0. The molecule has 4 rings (SSSR count). The topological polar surface area (TPSA) is 67.6 Å². The number of carbonyl (C=O) groups excluding carboxylic acids is 1. The first kappa shape index (κ1) is 18.0. The number of fused-ring (bicyclic) bond motifs is 3. The molecule has 6 heteroatoms. The Hall–Kier alpha value is -2.34. The van der Waals surface area contributed by atoms with Crippen molar-refractivity contribution in [3.05, 3.63) is 35.0 Å². The maximum atomic E-state index is 12.6. The van der Waals surface area contributed by atoms with E-state index >= 15 is 0 Å². The molecule has 0 bridgehead atoms. The zero-order chi connectivity index (χ0) is 18.8. The third kappa shape index (κ3) is 3.72. The Bertz CT molecular complexity index is 830. The molecule has 2 aliphatic heterocycles. The van der Waals surface area contributed by atoms with Gasteiger partial charge in [-0.2, -0.15) is 0 Å². The monoisotopic (exact) mass is 369 g/mol. The molecule has 1 aromatic carbocycles. The Morgan fingerprint density at radius 1 is 1.37 bits per heavy atom. The van der Waals surface area contributed by atoms with Crippen LogP contribution >= 0.6 is 0 Å². The Labute approximate surface area is 159 Å². The minimum absolute atomic E-state index is 0.189. The van der Waals surface area contributed by atoms with Crippen molar-refractivity contribution in [2.45, 2.75) is 52.2 Å². The first-order chi connectivity index (χ1) is 13.1. The van der Waals surface area contributed by atoms with Crippen LogP contribution in [0.2, 0.25) is 0 Å². The lowest BCUT2D eigenvalue weighted by molar-refractivity contribution is 0.0938. The summed E-state index contributed by atoms with van der Waals surface area (Å²) >= 11 is 0. The van der Waals surface area contributed by atoms with Gasteiger partial charge in [0.25, 0.3) is 5.91 Å². The van der Waals surface area contributed by atoms with Crippen LogP contribution < -0.4 is 10.1 Å². The van der Waals surface area contributed by atoms with Gasteiger partial charge in [0.15, 0.2) is 11.5 Å². The zero-order valence-corrected chi connectivity index (χ0v) is 16.1. The third-order valence-corrected chi connectivity index (χ3v) is 5.60. The number of amides is 1. The van der Waals surface area contributed by atoms with Crippen LogP contribution in [-0.2, 0) is 6.61 Å². The largest absolute Gasteiger partial charge is 0.488 e. The molecule has 1 fully saturated rings. The molecule has 1 N–H and O–H groups in total. The van der Waals surface area contributed by atoms with Crippen molar-refractivity contribution < 1.29 is 14.1 Å². The Balaban J connectivity index is 1.37. The Morgan fingerprint density at radius 2 is 2.26 bits per heavy atom. The van der Waals surface area contributed by atoms with Gasteiger partial charge in [-0.05, 0) is 51.8 Å². The summed E-state index contributed by atoms with van der Waals surface area (Å²) in [5, 5.41) is 7.01. The van der Waals surface area contributed by atoms with Crippen LogP contribution in [-0.4, -0.2) is 41.6 Å². The molecule has 27 heavy (non-hydrogen) atoms. The molecule has 0 radical (unpaired) electrons. The number of ether oxygens (including phenoxy) is 1. The normalized spacial score (nSPS) is 19.1. The molecule has 0 spiro atoms. The fraction of sp³-hybridized carbons (Fsp3) is 0.524. The van der Waals surface area contributed by atoms with Gasteiger partial charge in [0.1, 0.15) is 12.4 Å². The summed E-state index contributed by atoms with van der Waals surface area (Å²) in [5.41, 5.74) is 3.04. The zero-order valence-electron chi connectivity index (χ0n) is 16.1. The van der Waals surface area contributed by atoms with Gasteiger partial charge in [-0.25, -0.2) is 0 Å². The molecule has 1 saturated heterocycles. The number of benzene rings is 1. The van der Waals surface area contributed by atoms with E-state index in [4.69, 9.17) is 9.26 Å². The van der Waals surface area contributed by atoms with E-state index in [1.807, 2.05) is 25.1 Å². The average Bonchev–Trinajstić information content (AvgIpc) is 3.11. The fourth-order valence-corrected chi connectivity index (χ4v) is 3.99. The predicted octanol–water partition coefficient (Wildman–Crippen LogP) is 3.54. The van der Waals surface area contributed by atoms with E-state index in [9.17, 15) is 4.79 Å². The van der Waals surface area contributed by atoms with E-state index in [2.05, 4.69) is 22.3 Å². The molecule has 3 heterocycles. The van der Waals surface area contributed by atoms with Crippen molar-refractivity contribution in [3.8, 4) is 17.1 Å². The van der Waals surface area contributed by atoms with E-state index < -0.39 is 0 Å². The number of piperidine rings is 1. The second-order valence-corrected chi connectivity index (χ2v) is 7.62. The van der Waals surface area contributed by atoms with Gasteiger partial charge < -0.3 is 19.5 Å². The van der Waals surface area contributed by atoms with Crippen LogP contribution in [0.4, 0.5) is 0 Å². The molecule has 1 amide bonds. The van der Waals surface area contributed by atoms with E-state index in [0.717, 1.165) is 35.4 Å². The number of hydrogen-bond acceptors (Lipinski definition) is 5. The summed E-state index contributed by atoms with van der Waals surface area (Å²) in [5.74, 6) is 1.23. The highest BCUT2D eigenvalue weighted by molar-refractivity contribution is 5.95. The maximum Gasteiger partial charge on any atom is 0.273 e. The van der Waals surface area contributed by atoms with Gasteiger partial charge in [-0.3, -0.25) is 4.79 Å². The number of rotatable bonds is 5. The summed E-state index contributed by atoms with van der Waals surface area (Å²) in [6.45, 7) is 7.44. The van der Waals surface area contributed by atoms with Crippen molar-refractivity contribution in [3.63, 3.8) is 0 Å².